The Morgan fingerprint density at radius 1 is 1.22 bits per heavy atom. The first kappa shape index (κ1) is 17.9. The molecule has 0 radical (unpaired) electrons. The van der Waals surface area contributed by atoms with E-state index in [2.05, 4.69) is 20.4 Å². The second kappa shape index (κ2) is 8.06. The van der Waals surface area contributed by atoms with Crippen molar-refractivity contribution in [2.45, 2.75) is 18.1 Å². The van der Waals surface area contributed by atoms with Crippen molar-refractivity contribution in [2.24, 2.45) is 0 Å². The average molecular weight is 405 g/mol. The molecule has 1 fully saturated rings. The zero-order valence-corrected chi connectivity index (χ0v) is 15.9. The van der Waals surface area contributed by atoms with Crippen molar-refractivity contribution in [3.63, 3.8) is 0 Å². The third-order valence-corrected chi connectivity index (χ3v) is 5.27. The smallest absolute Gasteiger partial charge is 0.284 e. The van der Waals surface area contributed by atoms with Gasteiger partial charge in [0.1, 0.15) is 0 Å². The maximum atomic E-state index is 12.4. The lowest BCUT2D eigenvalue weighted by Gasteiger charge is -2.22. The number of hydrogen-bond donors (Lipinski definition) is 1. The van der Waals surface area contributed by atoms with Crippen LogP contribution in [0.4, 0.5) is 11.4 Å². The quantitative estimate of drug-likeness (QED) is 0.612. The van der Waals surface area contributed by atoms with Gasteiger partial charge in [-0.25, -0.2) is 0 Å². The van der Waals surface area contributed by atoms with Crippen LogP contribution in [-0.2, 0) is 4.79 Å². The summed E-state index contributed by atoms with van der Waals surface area (Å²) in [4.78, 5) is 14.6. The summed E-state index contributed by atoms with van der Waals surface area (Å²) in [5.41, 5.74) is 1.60. The monoisotopic (exact) mass is 404 g/mol. The topological polar surface area (TPSA) is 84.4 Å². The fourth-order valence-corrected chi connectivity index (χ4v) is 3.82. The van der Waals surface area contributed by atoms with Gasteiger partial charge in [0.2, 0.25) is 5.91 Å². The number of furan rings is 1. The molecule has 0 spiro atoms. The van der Waals surface area contributed by atoms with Gasteiger partial charge in [-0.2, -0.15) is 0 Å². The maximum absolute atomic E-state index is 12.4. The molecule has 0 atom stereocenters. The molecule has 3 heterocycles. The van der Waals surface area contributed by atoms with Crippen LogP contribution in [0.5, 0.6) is 0 Å². The van der Waals surface area contributed by atoms with Crippen LogP contribution in [-0.4, -0.2) is 34.9 Å². The lowest BCUT2D eigenvalue weighted by atomic mass is 10.2. The van der Waals surface area contributed by atoms with E-state index in [1.165, 1.54) is 18.0 Å². The molecule has 2 aromatic heterocycles. The number of nitrogens with zero attached hydrogens (tertiary/aromatic N) is 3. The number of amides is 1. The summed E-state index contributed by atoms with van der Waals surface area (Å²) in [6, 6.07) is 9.01. The molecule has 7 nitrogen and oxygen atoms in total. The molecule has 3 aromatic rings. The standard InChI is InChI=1S/C18H17ClN4O3S/c19-12-5-3-6-13(16(12)23-8-1-2-9-23)20-15(24)11-27-18-22-21-17(26-18)14-7-4-10-25-14/h3-7,10H,1-2,8-9,11H2,(H,20,24). The molecule has 1 amide bonds. The third-order valence-electron chi connectivity index (χ3n) is 4.15. The Morgan fingerprint density at radius 3 is 2.85 bits per heavy atom. The van der Waals surface area contributed by atoms with Gasteiger partial charge in [-0.1, -0.05) is 29.4 Å². The van der Waals surface area contributed by atoms with E-state index in [4.69, 9.17) is 20.4 Å². The molecule has 1 N–H and O–H groups in total. The van der Waals surface area contributed by atoms with Crippen LogP contribution in [0.2, 0.25) is 5.02 Å². The largest absolute Gasteiger partial charge is 0.459 e. The van der Waals surface area contributed by atoms with Gasteiger partial charge in [-0.15, -0.1) is 10.2 Å². The Labute approximate surface area is 165 Å². The van der Waals surface area contributed by atoms with Gasteiger partial charge in [-0.3, -0.25) is 4.79 Å². The molecule has 0 unspecified atom stereocenters. The molecule has 1 aliphatic rings. The van der Waals surface area contributed by atoms with Crippen LogP contribution in [0.1, 0.15) is 12.8 Å². The fraction of sp³-hybridized carbons (Fsp3) is 0.278. The first-order chi connectivity index (χ1) is 13.2. The number of para-hydroxylation sites is 1. The molecule has 1 saturated heterocycles. The molecule has 0 saturated carbocycles. The second-order valence-electron chi connectivity index (χ2n) is 6.02. The number of nitrogens with one attached hydrogen (secondary N) is 1. The summed E-state index contributed by atoms with van der Waals surface area (Å²) in [5.74, 6) is 0.758. The van der Waals surface area contributed by atoms with Crippen molar-refractivity contribution in [1.82, 2.24) is 10.2 Å². The lowest BCUT2D eigenvalue weighted by molar-refractivity contribution is -0.113. The highest BCUT2D eigenvalue weighted by atomic mass is 35.5. The molecule has 27 heavy (non-hydrogen) atoms. The molecule has 140 valence electrons. The number of anilines is 2. The number of halogens is 1. The van der Waals surface area contributed by atoms with E-state index in [1.807, 2.05) is 18.2 Å². The van der Waals surface area contributed by atoms with E-state index in [0.717, 1.165) is 37.3 Å². The van der Waals surface area contributed by atoms with Crippen LogP contribution in [0.3, 0.4) is 0 Å². The maximum Gasteiger partial charge on any atom is 0.284 e. The highest BCUT2D eigenvalue weighted by Crippen LogP contribution is 2.36. The minimum Gasteiger partial charge on any atom is -0.459 e. The van der Waals surface area contributed by atoms with Crippen LogP contribution in [0.25, 0.3) is 11.7 Å². The Bertz CT molecular complexity index is 923. The van der Waals surface area contributed by atoms with Gasteiger partial charge < -0.3 is 19.1 Å². The molecule has 9 heteroatoms. The van der Waals surface area contributed by atoms with Crippen LogP contribution >= 0.6 is 23.4 Å². The SMILES string of the molecule is O=C(CSc1nnc(-c2ccco2)o1)Nc1cccc(Cl)c1N1CCCC1. The molecular formula is C18H17ClN4O3S. The first-order valence-electron chi connectivity index (χ1n) is 8.54. The number of benzene rings is 1. The second-order valence-corrected chi connectivity index (χ2v) is 7.35. The van der Waals surface area contributed by atoms with Gasteiger partial charge in [0.05, 0.1) is 28.4 Å². The summed E-state index contributed by atoms with van der Waals surface area (Å²) >= 11 is 7.54. The molecule has 1 aliphatic heterocycles. The van der Waals surface area contributed by atoms with E-state index in [9.17, 15) is 4.79 Å². The highest BCUT2D eigenvalue weighted by Gasteiger charge is 2.20. The van der Waals surface area contributed by atoms with Gasteiger partial charge >= 0.3 is 0 Å². The number of thioether (sulfide) groups is 1. The summed E-state index contributed by atoms with van der Waals surface area (Å²) in [6.45, 7) is 1.89. The molecule has 0 bridgehead atoms. The van der Waals surface area contributed by atoms with Crippen molar-refractivity contribution in [1.29, 1.82) is 0 Å². The predicted octanol–water partition coefficient (Wildman–Crippen LogP) is 4.31. The van der Waals surface area contributed by atoms with Crippen molar-refractivity contribution in [2.75, 3.05) is 29.1 Å². The Kier molecular flexibility index (Phi) is 5.35. The van der Waals surface area contributed by atoms with E-state index in [-0.39, 0.29) is 17.6 Å². The number of hydrogen-bond acceptors (Lipinski definition) is 7. The number of aromatic nitrogens is 2. The number of carbonyl (C=O) groups excluding carboxylic acids is 1. The Morgan fingerprint density at radius 2 is 2.07 bits per heavy atom. The minimum absolute atomic E-state index is 0.145. The van der Waals surface area contributed by atoms with Gasteiger partial charge in [0.15, 0.2) is 5.76 Å². The average Bonchev–Trinajstić information content (AvgIpc) is 3.41. The Hall–Kier alpha value is -2.45. The van der Waals surface area contributed by atoms with Crippen molar-refractivity contribution in [3.05, 3.63) is 41.6 Å². The number of carbonyl (C=O) groups is 1. The molecule has 1 aromatic carbocycles. The summed E-state index contributed by atoms with van der Waals surface area (Å²) in [6.07, 6.45) is 3.79. The van der Waals surface area contributed by atoms with Gasteiger partial charge in [-0.05, 0) is 37.1 Å². The molecular weight excluding hydrogens is 388 g/mol. The van der Waals surface area contributed by atoms with E-state index < -0.39 is 0 Å². The van der Waals surface area contributed by atoms with Crippen LogP contribution in [0, 0.1) is 0 Å². The summed E-state index contributed by atoms with van der Waals surface area (Å²) in [7, 11) is 0. The first-order valence-corrected chi connectivity index (χ1v) is 9.90. The zero-order chi connectivity index (χ0) is 18.6. The summed E-state index contributed by atoms with van der Waals surface area (Å²) in [5, 5.41) is 11.7. The third kappa shape index (κ3) is 4.12. The van der Waals surface area contributed by atoms with E-state index >= 15 is 0 Å². The van der Waals surface area contributed by atoms with Crippen molar-refractivity contribution >= 4 is 40.6 Å². The lowest BCUT2D eigenvalue weighted by Crippen LogP contribution is -2.22. The fourth-order valence-electron chi connectivity index (χ4n) is 2.96. The summed E-state index contributed by atoms with van der Waals surface area (Å²) < 4.78 is 10.7. The van der Waals surface area contributed by atoms with Crippen LogP contribution < -0.4 is 10.2 Å². The number of rotatable bonds is 6. The minimum atomic E-state index is -0.166. The van der Waals surface area contributed by atoms with Crippen molar-refractivity contribution < 1.29 is 13.6 Å². The van der Waals surface area contributed by atoms with Crippen LogP contribution in [0.15, 0.2) is 50.7 Å². The predicted molar refractivity (Wildman–Crippen MR) is 104 cm³/mol. The van der Waals surface area contributed by atoms with Gasteiger partial charge in [0, 0.05) is 13.1 Å². The van der Waals surface area contributed by atoms with E-state index in [1.54, 1.807) is 12.1 Å². The molecule has 0 aliphatic carbocycles. The van der Waals surface area contributed by atoms with E-state index in [0.29, 0.717) is 16.0 Å². The Balaban J connectivity index is 1.39. The van der Waals surface area contributed by atoms with Gasteiger partial charge in [0.25, 0.3) is 11.1 Å². The van der Waals surface area contributed by atoms with Crippen molar-refractivity contribution in [3.8, 4) is 11.7 Å². The normalized spacial score (nSPS) is 13.9. The highest BCUT2D eigenvalue weighted by molar-refractivity contribution is 7.99. The zero-order valence-electron chi connectivity index (χ0n) is 14.4. The molecule has 4 rings (SSSR count).